The van der Waals surface area contributed by atoms with E-state index in [0.29, 0.717) is 44.1 Å². The summed E-state index contributed by atoms with van der Waals surface area (Å²) in [7, 11) is 0. The monoisotopic (exact) mass is 306 g/mol. The van der Waals surface area contributed by atoms with E-state index in [1.165, 1.54) is 0 Å². The second-order valence-corrected chi connectivity index (χ2v) is 5.10. The van der Waals surface area contributed by atoms with Crippen molar-refractivity contribution in [1.29, 1.82) is 0 Å². The fraction of sp³-hybridized carbons (Fsp3) is 0.500. The molecule has 8 nitrogen and oxygen atoms in total. The van der Waals surface area contributed by atoms with Gasteiger partial charge in [0, 0.05) is 19.3 Å². The van der Waals surface area contributed by atoms with Crippen molar-refractivity contribution < 1.29 is 20.0 Å². The van der Waals surface area contributed by atoms with E-state index in [4.69, 9.17) is 9.47 Å². The van der Waals surface area contributed by atoms with Crippen molar-refractivity contribution in [2.45, 2.75) is 13.0 Å². The van der Waals surface area contributed by atoms with Gasteiger partial charge in [-0.05, 0) is 6.92 Å². The number of ether oxygens (including phenoxy) is 2. The Balaban J connectivity index is 2.06. The number of H-pyrrole nitrogens is 1. The van der Waals surface area contributed by atoms with E-state index in [9.17, 15) is 4.79 Å². The van der Waals surface area contributed by atoms with Gasteiger partial charge in [-0.1, -0.05) is 0 Å². The molecule has 0 aromatic carbocycles. The van der Waals surface area contributed by atoms with E-state index in [1.54, 1.807) is 19.3 Å². The number of aromatic nitrogens is 3. The van der Waals surface area contributed by atoms with Crippen molar-refractivity contribution >= 4 is 22.7 Å². The van der Waals surface area contributed by atoms with Crippen LogP contribution in [-0.2, 0) is 9.47 Å². The number of rotatable bonds is 4. The Labute approximate surface area is 127 Å². The molecule has 2 aromatic rings. The lowest BCUT2D eigenvalue weighted by atomic mass is 10.1. The molecule has 1 aliphatic heterocycles. The number of nitrogens with one attached hydrogen (secondary N) is 1. The molecule has 2 aromatic heterocycles. The fourth-order valence-electron chi connectivity index (χ4n) is 2.68. The maximum atomic E-state index is 12.3. The zero-order valence-electron chi connectivity index (χ0n) is 12.5. The molecule has 1 aliphatic rings. The topological polar surface area (TPSA) is 108 Å². The highest BCUT2D eigenvalue weighted by Crippen LogP contribution is 2.30. The summed E-state index contributed by atoms with van der Waals surface area (Å²) in [6, 6.07) is 0. The Morgan fingerprint density at radius 3 is 3.23 bits per heavy atom. The SMILES string of the molecule is CCOC(=O)c1cnc2[nH]ncc2c1N1CCO[C@@H](C[NH3+])C1. The van der Waals surface area contributed by atoms with Crippen LogP contribution in [0.5, 0.6) is 0 Å². The van der Waals surface area contributed by atoms with Crippen LogP contribution in [0.25, 0.3) is 11.0 Å². The first-order valence-electron chi connectivity index (χ1n) is 7.39. The maximum absolute atomic E-state index is 12.3. The van der Waals surface area contributed by atoms with Crippen LogP contribution in [0.15, 0.2) is 12.4 Å². The minimum absolute atomic E-state index is 0.0545. The predicted molar refractivity (Wildman–Crippen MR) is 79.6 cm³/mol. The van der Waals surface area contributed by atoms with Crippen molar-refractivity contribution in [1.82, 2.24) is 15.2 Å². The van der Waals surface area contributed by atoms with Gasteiger partial charge in [0.1, 0.15) is 18.2 Å². The van der Waals surface area contributed by atoms with Crippen molar-refractivity contribution in [2.24, 2.45) is 0 Å². The highest BCUT2D eigenvalue weighted by molar-refractivity contribution is 6.04. The summed E-state index contributed by atoms with van der Waals surface area (Å²) in [5.74, 6) is -0.370. The number of fused-ring (bicyclic) bond motifs is 1. The standard InChI is InChI=1S/C14H19N5O3/c1-2-21-14(20)11-6-16-13-10(7-17-18-13)12(11)19-3-4-22-9(5-15)8-19/h6-7,9H,2-5,8,15H2,1H3,(H,16,17,18)/p+1/t9-/m0/s1. The molecule has 22 heavy (non-hydrogen) atoms. The number of morpholine rings is 1. The summed E-state index contributed by atoms with van der Waals surface area (Å²) in [4.78, 5) is 18.6. The molecule has 118 valence electrons. The van der Waals surface area contributed by atoms with Crippen LogP contribution >= 0.6 is 0 Å². The van der Waals surface area contributed by atoms with E-state index < -0.39 is 0 Å². The normalized spacial score (nSPS) is 18.6. The number of hydrogen-bond acceptors (Lipinski definition) is 6. The molecule has 1 fully saturated rings. The van der Waals surface area contributed by atoms with Gasteiger partial charge >= 0.3 is 5.97 Å². The van der Waals surface area contributed by atoms with Gasteiger partial charge in [-0.25, -0.2) is 9.78 Å². The first-order chi connectivity index (χ1) is 10.7. The third-order valence-electron chi connectivity index (χ3n) is 3.72. The fourth-order valence-corrected chi connectivity index (χ4v) is 2.68. The van der Waals surface area contributed by atoms with Crippen molar-refractivity contribution in [3.63, 3.8) is 0 Å². The highest BCUT2D eigenvalue weighted by atomic mass is 16.5. The molecular weight excluding hydrogens is 286 g/mol. The van der Waals surface area contributed by atoms with Crippen LogP contribution in [0, 0.1) is 0 Å². The van der Waals surface area contributed by atoms with Crippen LogP contribution in [0.1, 0.15) is 17.3 Å². The number of hydrogen-bond donors (Lipinski definition) is 2. The molecule has 3 rings (SSSR count). The molecule has 1 atom stereocenters. The average Bonchev–Trinajstić information content (AvgIpc) is 3.02. The molecule has 3 heterocycles. The molecule has 0 aliphatic carbocycles. The highest BCUT2D eigenvalue weighted by Gasteiger charge is 2.27. The average molecular weight is 306 g/mol. The summed E-state index contributed by atoms with van der Waals surface area (Å²) < 4.78 is 10.8. The molecule has 1 saturated heterocycles. The number of pyridine rings is 1. The Bertz CT molecular complexity index is 672. The van der Waals surface area contributed by atoms with Gasteiger partial charge in [-0.2, -0.15) is 5.10 Å². The second kappa shape index (κ2) is 6.29. The van der Waals surface area contributed by atoms with E-state index in [2.05, 4.69) is 25.8 Å². The Hall–Kier alpha value is -2.19. The molecule has 8 heteroatoms. The third kappa shape index (κ3) is 2.62. The van der Waals surface area contributed by atoms with E-state index in [1.807, 2.05) is 0 Å². The smallest absolute Gasteiger partial charge is 0.341 e. The first kappa shape index (κ1) is 14.7. The number of quaternary nitrogens is 1. The lowest BCUT2D eigenvalue weighted by Gasteiger charge is -2.34. The Morgan fingerprint density at radius 1 is 1.59 bits per heavy atom. The van der Waals surface area contributed by atoms with Gasteiger partial charge in [0.15, 0.2) is 5.65 Å². The van der Waals surface area contributed by atoms with Gasteiger partial charge in [0.25, 0.3) is 0 Å². The zero-order valence-corrected chi connectivity index (χ0v) is 12.5. The van der Waals surface area contributed by atoms with Crippen molar-refractivity contribution in [2.75, 3.05) is 37.7 Å². The Kier molecular flexibility index (Phi) is 4.21. The summed E-state index contributed by atoms with van der Waals surface area (Å²) in [6.45, 7) is 4.78. The van der Waals surface area contributed by atoms with Gasteiger partial charge in [0.05, 0.1) is 30.5 Å². The molecule has 4 N–H and O–H groups in total. The quantitative estimate of drug-likeness (QED) is 0.743. The van der Waals surface area contributed by atoms with Gasteiger partial charge in [-0.15, -0.1) is 0 Å². The number of aromatic amines is 1. The van der Waals surface area contributed by atoms with Gasteiger partial charge in [-0.3, -0.25) is 5.10 Å². The first-order valence-corrected chi connectivity index (χ1v) is 7.39. The predicted octanol–water partition coefficient (Wildman–Crippen LogP) is -0.418. The summed E-state index contributed by atoms with van der Waals surface area (Å²) >= 11 is 0. The summed E-state index contributed by atoms with van der Waals surface area (Å²) in [5, 5.41) is 7.69. The van der Waals surface area contributed by atoms with E-state index in [0.717, 1.165) is 11.1 Å². The number of nitrogens with zero attached hydrogens (tertiary/aromatic N) is 3. The lowest BCUT2D eigenvalue weighted by molar-refractivity contribution is -0.386. The van der Waals surface area contributed by atoms with Crippen LogP contribution in [0.3, 0.4) is 0 Å². The van der Waals surface area contributed by atoms with Gasteiger partial charge < -0.3 is 20.1 Å². The summed E-state index contributed by atoms with van der Waals surface area (Å²) in [5.41, 5.74) is 5.82. The van der Waals surface area contributed by atoms with Crippen molar-refractivity contribution in [3.8, 4) is 0 Å². The van der Waals surface area contributed by atoms with Crippen LogP contribution < -0.4 is 10.6 Å². The number of esters is 1. The van der Waals surface area contributed by atoms with Crippen molar-refractivity contribution in [3.05, 3.63) is 18.0 Å². The van der Waals surface area contributed by atoms with Gasteiger partial charge in [0.2, 0.25) is 0 Å². The maximum Gasteiger partial charge on any atom is 0.341 e. The van der Waals surface area contributed by atoms with Crippen LogP contribution in [0.4, 0.5) is 5.69 Å². The lowest BCUT2D eigenvalue weighted by Crippen LogP contribution is -2.60. The third-order valence-corrected chi connectivity index (χ3v) is 3.72. The summed E-state index contributed by atoms with van der Waals surface area (Å²) in [6.07, 6.45) is 3.29. The molecule has 0 spiro atoms. The van der Waals surface area contributed by atoms with Crippen LogP contribution in [0.2, 0.25) is 0 Å². The largest absolute Gasteiger partial charge is 0.462 e. The van der Waals surface area contributed by atoms with Crippen LogP contribution in [-0.4, -0.2) is 60.1 Å². The number of anilines is 1. The molecule has 0 radical (unpaired) electrons. The molecule has 0 unspecified atom stereocenters. The molecule has 0 saturated carbocycles. The van der Waals surface area contributed by atoms with E-state index in [-0.39, 0.29) is 12.1 Å². The zero-order chi connectivity index (χ0) is 15.5. The number of carbonyl (C=O) groups excluding carboxylic acids is 1. The minimum Gasteiger partial charge on any atom is -0.462 e. The second-order valence-electron chi connectivity index (χ2n) is 5.10. The molecule has 0 amide bonds. The van der Waals surface area contributed by atoms with E-state index >= 15 is 0 Å². The Morgan fingerprint density at radius 2 is 2.45 bits per heavy atom. The number of carbonyl (C=O) groups is 1. The molecule has 0 bridgehead atoms. The molecular formula is C14H20N5O3+. The minimum atomic E-state index is -0.370.